The fourth-order valence-electron chi connectivity index (χ4n) is 2.87. The summed E-state index contributed by atoms with van der Waals surface area (Å²) in [5, 5.41) is 6.55. The van der Waals surface area contributed by atoms with E-state index < -0.39 is 11.9 Å². The second kappa shape index (κ2) is 7.56. The highest BCUT2D eigenvalue weighted by Crippen LogP contribution is 2.28. The summed E-state index contributed by atoms with van der Waals surface area (Å²) in [7, 11) is 2.51. The smallest absolute Gasteiger partial charge is 0.340 e. The number of aromatic nitrogens is 3. The van der Waals surface area contributed by atoms with E-state index in [0.29, 0.717) is 23.1 Å². The number of carbonyl (C=O) groups excluding carboxylic acids is 2. The minimum Gasteiger partial charge on any atom is -0.479 e. The van der Waals surface area contributed by atoms with Gasteiger partial charge < -0.3 is 19.2 Å². The molecule has 2 heterocycles. The van der Waals surface area contributed by atoms with E-state index in [9.17, 15) is 14.4 Å². The van der Waals surface area contributed by atoms with Crippen LogP contribution in [0.4, 0.5) is 0 Å². The van der Waals surface area contributed by atoms with Crippen LogP contribution in [0.5, 0.6) is 5.88 Å². The van der Waals surface area contributed by atoms with Crippen LogP contribution >= 0.6 is 0 Å². The SMILES string of the molecule is CCOc1[nH]c(C=c2c(=O)[nH][nH]c2=C2CC2)c(C(=O)OC)c1CC(=O)OC. The predicted molar refractivity (Wildman–Crippen MR) is 95.9 cm³/mol. The third-order valence-electron chi connectivity index (χ3n) is 4.28. The van der Waals surface area contributed by atoms with Gasteiger partial charge >= 0.3 is 11.9 Å². The summed E-state index contributed by atoms with van der Waals surface area (Å²) < 4.78 is 15.1. The number of H-pyrrole nitrogens is 3. The van der Waals surface area contributed by atoms with Gasteiger partial charge in [0.2, 0.25) is 0 Å². The lowest BCUT2D eigenvalue weighted by Crippen LogP contribution is -2.33. The van der Waals surface area contributed by atoms with Crippen molar-refractivity contribution in [3.8, 4) is 5.88 Å². The Morgan fingerprint density at radius 1 is 1.15 bits per heavy atom. The molecule has 9 heteroatoms. The summed E-state index contributed by atoms with van der Waals surface area (Å²) in [5.74, 6) is -0.905. The molecule has 3 N–H and O–H groups in total. The van der Waals surface area contributed by atoms with E-state index in [2.05, 4.69) is 15.2 Å². The maximum Gasteiger partial charge on any atom is 0.340 e. The molecule has 1 aliphatic rings. The number of rotatable bonds is 6. The summed E-state index contributed by atoms with van der Waals surface area (Å²) in [5.41, 5.74) is 1.62. The molecule has 0 atom stereocenters. The van der Waals surface area contributed by atoms with Crippen LogP contribution in [0.1, 0.15) is 41.4 Å². The van der Waals surface area contributed by atoms with Gasteiger partial charge in [-0.2, -0.15) is 0 Å². The number of methoxy groups -OCH3 is 2. The topological polar surface area (TPSA) is 126 Å². The summed E-state index contributed by atoms with van der Waals surface area (Å²) in [6.07, 6.45) is 3.22. The van der Waals surface area contributed by atoms with E-state index >= 15 is 0 Å². The van der Waals surface area contributed by atoms with E-state index in [1.165, 1.54) is 14.2 Å². The lowest BCUT2D eigenvalue weighted by atomic mass is 10.1. The molecule has 3 rings (SSSR count). The fourth-order valence-corrected chi connectivity index (χ4v) is 2.87. The molecule has 0 unspecified atom stereocenters. The van der Waals surface area contributed by atoms with Crippen molar-refractivity contribution in [1.82, 2.24) is 15.2 Å². The molecule has 0 amide bonds. The third kappa shape index (κ3) is 3.67. The predicted octanol–water partition coefficient (Wildman–Crippen LogP) is -0.295. The Kier molecular flexibility index (Phi) is 5.20. The van der Waals surface area contributed by atoms with Gasteiger partial charge in [0.25, 0.3) is 5.56 Å². The molecule has 1 fully saturated rings. The molecule has 0 aromatic carbocycles. The Morgan fingerprint density at radius 2 is 1.89 bits per heavy atom. The summed E-state index contributed by atoms with van der Waals surface area (Å²) >= 11 is 0. The lowest BCUT2D eigenvalue weighted by Gasteiger charge is -2.06. The van der Waals surface area contributed by atoms with Crippen molar-refractivity contribution in [1.29, 1.82) is 0 Å². The largest absolute Gasteiger partial charge is 0.479 e. The molecule has 2 aromatic rings. The molecule has 144 valence electrons. The van der Waals surface area contributed by atoms with E-state index in [0.717, 1.165) is 23.8 Å². The molecule has 1 aliphatic carbocycles. The van der Waals surface area contributed by atoms with Crippen LogP contribution in [0.3, 0.4) is 0 Å². The van der Waals surface area contributed by atoms with Crippen LogP contribution in [0.25, 0.3) is 11.6 Å². The zero-order chi connectivity index (χ0) is 19.6. The van der Waals surface area contributed by atoms with Crippen LogP contribution < -0.4 is 20.9 Å². The zero-order valence-electron chi connectivity index (χ0n) is 15.4. The third-order valence-corrected chi connectivity index (χ3v) is 4.28. The molecule has 27 heavy (non-hydrogen) atoms. The highest BCUT2D eigenvalue weighted by molar-refractivity contribution is 5.97. The van der Waals surface area contributed by atoms with Gasteiger partial charge in [-0.25, -0.2) is 4.79 Å². The fraction of sp³-hybridized carbons (Fsp3) is 0.389. The molecule has 9 nitrogen and oxygen atoms in total. The average Bonchev–Trinajstić information content (AvgIpc) is 3.37. The van der Waals surface area contributed by atoms with Gasteiger partial charge in [0.1, 0.15) is 0 Å². The first kappa shape index (κ1) is 18.6. The standard InChI is InChI=1S/C18H21N3O6/c1-4-27-17-10(8-13(22)25-2)14(18(24)26-3)12(19-17)7-11-15(9-5-6-9)20-21-16(11)23/h7,19-20H,4-6,8H2,1-3H3,(H,21,23). The molecule has 0 radical (unpaired) electrons. The highest BCUT2D eigenvalue weighted by atomic mass is 16.5. The number of aromatic amines is 3. The number of nitrogens with one attached hydrogen (secondary N) is 3. The Morgan fingerprint density at radius 3 is 2.48 bits per heavy atom. The molecule has 1 saturated carbocycles. The van der Waals surface area contributed by atoms with Crippen LogP contribution in [0.15, 0.2) is 4.79 Å². The van der Waals surface area contributed by atoms with E-state index in [1.807, 2.05) is 0 Å². The minimum absolute atomic E-state index is 0.138. The number of esters is 2. The van der Waals surface area contributed by atoms with Crippen molar-refractivity contribution in [3.05, 3.63) is 37.7 Å². The first-order valence-corrected chi connectivity index (χ1v) is 8.53. The van der Waals surface area contributed by atoms with E-state index in [4.69, 9.17) is 14.2 Å². The second-order valence-corrected chi connectivity index (χ2v) is 6.01. The van der Waals surface area contributed by atoms with E-state index in [-0.39, 0.29) is 23.4 Å². The Labute approximate surface area is 154 Å². The Balaban J connectivity index is 2.26. The highest BCUT2D eigenvalue weighted by Gasteiger charge is 2.26. The van der Waals surface area contributed by atoms with Crippen molar-refractivity contribution < 1.29 is 23.8 Å². The van der Waals surface area contributed by atoms with Crippen LogP contribution in [0, 0.1) is 0 Å². The molecule has 2 aromatic heterocycles. The first-order chi connectivity index (χ1) is 13.0. The summed E-state index contributed by atoms with van der Waals surface area (Å²) in [4.78, 5) is 39.4. The molecule has 0 bridgehead atoms. The quantitative estimate of drug-likeness (QED) is 0.596. The van der Waals surface area contributed by atoms with Crippen molar-refractivity contribution in [2.45, 2.75) is 26.2 Å². The van der Waals surface area contributed by atoms with Crippen LogP contribution in [-0.4, -0.2) is 47.9 Å². The first-order valence-electron chi connectivity index (χ1n) is 8.53. The Hall–Kier alpha value is -3.23. The van der Waals surface area contributed by atoms with Gasteiger partial charge in [-0.05, 0) is 31.4 Å². The zero-order valence-corrected chi connectivity index (χ0v) is 15.4. The van der Waals surface area contributed by atoms with Gasteiger partial charge in [0.15, 0.2) is 5.88 Å². The average molecular weight is 375 g/mol. The molecule has 0 spiro atoms. The number of hydrogen-bond acceptors (Lipinski definition) is 6. The van der Waals surface area contributed by atoms with Gasteiger partial charge in [-0.3, -0.25) is 19.8 Å². The van der Waals surface area contributed by atoms with Crippen LogP contribution in [0.2, 0.25) is 0 Å². The summed E-state index contributed by atoms with van der Waals surface area (Å²) in [6.45, 7) is 2.10. The molecular weight excluding hydrogens is 354 g/mol. The van der Waals surface area contributed by atoms with Gasteiger partial charge in [-0.1, -0.05) is 0 Å². The summed E-state index contributed by atoms with van der Waals surface area (Å²) in [6, 6.07) is 0. The normalized spacial score (nSPS) is 13.6. The Bertz CT molecular complexity index is 1050. The maximum absolute atomic E-state index is 12.4. The lowest BCUT2D eigenvalue weighted by molar-refractivity contribution is -0.139. The van der Waals surface area contributed by atoms with Crippen LogP contribution in [-0.2, 0) is 20.7 Å². The van der Waals surface area contributed by atoms with E-state index in [1.54, 1.807) is 13.0 Å². The number of ether oxygens (including phenoxy) is 3. The minimum atomic E-state index is -0.644. The van der Waals surface area contributed by atoms with Crippen molar-refractivity contribution in [2.75, 3.05) is 20.8 Å². The monoisotopic (exact) mass is 375 g/mol. The van der Waals surface area contributed by atoms with Gasteiger partial charge in [0.05, 0.1) is 49.1 Å². The molecule has 0 saturated heterocycles. The number of hydrogen-bond donors (Lipinski definition) is 3. The van der Waals surface area contributed by atoms with Gasteiger partial charge in [0, 0.05) is 5.56 Å². The maximum atomic E-state index is 12.4. The van der Waals surface area contributed by atoms with Crippen molar-refractivity contribution in [3.63, 3.8) is 0 Å². The molecule has 0 aliphatic heterocycles. The number of carbonyl (C=O) groups is 2. The van der Waals surface area contributed by atoms with Crippen molar-refractivity contribution >= 4 is 23.6 Å². The molecular formula is C18H21N3O6. The van der Waals surface area contributed by atoms with Crippen molar-refractivity contribution in [2.24, 2.45) is 0 Å². The van der Waals surface area contributed by atoms with Gasteiger partial charge in [-0.15, -0.1) is 0 Å². The second-order valence-electron chi connectivity index (χ2n) is 6.01.